The van der Waals surface area contributed by atoms with Crippen LogP contribution in [0.3, 0.4) is 0 Å². The van der Waals surface area contributed by atoms with Crippen LogP contribution in [0.1, 0.15) is 30.2 Å². The molecule has 0 amide bonds. The van der Waals surface area contributed by atoms with E-state index in [1.165, 1.54) is 0 Å². The minimum atomic E-state index is -0.0581. The fourth-order valence-corrected chi connectivity index (χ4v) is 2.01. The van der Waals surface area contributed by atoms with Gasteiger partial charge >= 0.3 is 0 Å². The molecule has 0 fully saturated rings. The van der Waals surface area contributed by atoms with Crippen LogP contribution < -0.4 is 5.73 Å². The van der Waals surface area contributed by atoms with Crippen molar-refractivity contribution in [2.24, 2.45) is 12.8 Å². The van der Waals surface area contributed by atoms with Crippen molar-refractivity contribution in [3.05, 3.63) is 35.7 Å². The Balaban J connectivity index is 2.19. The van der Waals surface area contributed by atoms with Gasteiger partial charge in [0, 0.05) is 32.4 Å². The molecule has 2 aromatic heterocycles. The fraction of sp³-hybridized carbons (Fsp3) is 0.500. The van der Waals surface area contributed by atoms with E-state index in [9.17, 15) is 0 Å². The quantitative estimate of drug-likeness (QED) is 0.862. The van der Waals surface area contributed by atoms with Gasteiger partial charge in [-0.25, -0.2) is 4.98 Å². The molecule has 0 saturated heterocycles. The number of aryl methyl sites for hydroxylation is 3. The molecule has 2 aromatic rings. The summed E-state index contributed by atoms with van der Waals surface area (Å²) in [6.07, 6.45) is 4.46. The van der Waals surface area contributed by atoms with Gasteiger partial charge in [-0.05, 0) is 19.9 Å². The van der Waals surface area contributed by atoms with E-state index in [1.807, 2.05) is 29.4 Å². The summed E-state index contributed by atoms with van der Waals surface area (Å²) in [7, 11) is 1.98. The summed E-state index contributed by atoms with van der Waals surface area (Å²) in [6, 6.07) is 1.99. The lowest BCUT2D eigenvalue weighted by atomic mass is 10.1. The standard InChI is InChI=1S/C12H19N5/c1-4-17-11(7-9(2)15-17)10(13)8-12-14-5-6-16(12)3/h5-7,10H,4,8,13H2,1-3H3. The molecular weight excluding hydrogens is 214 g/mol. The number of aromatic nitrogens is 4. The highest BCUT2D eigenvalue weighted by Crippen LogP contribution is 2.16. The number of nitrogens with zero attached hydrogens (tertiary/aromatic N) is 4. The third-order valence-electron chi connectivity index (χ3n) is 2.94. The normalized spacial score (nSPS) is 12.9. The molecule has 5 heteroatoms. The highest BCUT2D eigenvalue weighted by atomic mass is 15.3. The fourth-order valence-electron chi connectivity index (χ4n) is 2.01. The molecule has 2 rings (SSSR count). The molecular formula is C12H19N5. The second-order valence-electron chi connectivity index (χ2n) is 4.29. The Morgan fingerprint density at radius 2 is 2.24 bits per heavy atom. The van der Waals surface area contributed by atoms with Crippen LogP contribution in [0.25, 0.3) is 0 Å². The Labute approximate surface area is 101 Å². The minimum absolute atomic E-state index is 0.0581. The first-order valence-corrected chi connectivity index (χ1v) is 5.88. The van der Waals surface area contributed by atoms with Crippen LogP contribution in [-0.2, 0) is 20.0 Å². The van der Waals surface area contributed by atoms with E-state index >= 15 is 0 Å². The monoisotopic (exact) mass is 233 g/mol. The predicted molar refractivity (Wildman–Crippen MR) is 66.5 cm³/mol. The molecule has 2 N–H and O–H groups in total. The number of hydrogen-bond acceptors (Lipinski definition) is 3. The first kappa shape index (κ1) is 11.9. The minimum Gasteiger partial charge on any atom is -0.338 e. The summed E-state index contributed by atoms with van der Waals surface area (Å²) in [6.45, 7) is 4.91. The molecule has 0 aliphatic carbocycles. The van der Waals surface area contributed by atoms with Crippen LogP contribution in [-0.4, -0.2) is 19.3 Å². The molecule has 5 nitrogen and oxygen atoms in total. The summed E-state index contributed by atoms with van der Waals surface area (Å²) >= 11 is 0. The summed E-state index contributed by atoms with van der Waals surface area (Å²) in [5.41, 5.74) is 8.32. The molecule has 0 saturated carbocycles. The first-order valence-electron chi connectivity index (χ1n) is 5.88. The molecule has 0 aromatic carbocycles. The van der Waals surface area contributed by atoms with Crippen molar-refractivity contribution in [1.29, 1.82) is 0 Å². The number of nitrogens with two attached hydrogens (primary N) is 1. The smallest absolute Gasteiger partial charge is 0.110 e. The second kappa shape index (κ2) is 4.71. The van der Waals surface area contributed by atoms with Crippen LogP contribution in [0.2, 0.25) is 0 Å². The molecule has 17 heavy (non-hydrogen) atoms. The number of rotatable bonds is 4. The van der Waals surface area contributed by atoms with Gasteiger partial charge in [0.05, 0.1) is 17.4 Å². The van der Waals surface area contributed by atoms with Crippen molar-refractivity contribution in [2.45, 2.75) is 32.9 Å². The van der Waals surface area contributed by atoms with Gasteiger partial charge in [-0.2, -0.15) is 5.10 Å². The SMILES string of the molecule is CCn1nc(C)cc1C(N)Cc1nccn1C. The highest BCUT2D eigenvalue weighted by Gasteiger charge is 2.15. The first-order chi connectivity index (χ1) is 8.11. The molecule has 0 aliphatic rings. The summed E-state index contributed by atoms with van der Waals surface area (Å²) in [5, 5.41) is 4.41. The van der Waals surface area contributed by atoms with E-state index in [0.29, 0.717) is 0 Å². The zero-order valence-corrected chi connectivity index (χ0v) is 10.6. The molecule has 0 aliphatic heterocycles. The second-order valence-corrected chi connectivity index (χ2v) is 4.29. The van der Waals surface area contributed by atoms with Gasteiger partial charge in [-0.1, -0.05) is 0 Å². The Bertz CT molecular complexity index is 497. The van der Waals surface area contributed by atoms with Crippen molar-refractivity contribution in [3.63, 3.8) is 0 Å². The number of imidazole rings is 1. The van der Waals surface area contributed by atoms with Gasteiger partial charge in [-0.15, -0.1) is 0 Å². The van der Waals surface area contributed by atoms with E-state index < -0.39 is 0 Å². The molecule has 0 bridgehead atoms. The van der Waals surface area contributed by atoms with Crippen molar-refractivity contribution < 1.29 is 0 Å². The zero-order valence-electron chi connectivity index (χ0n) is 10.6. The average Bonchev–Trinajstić information content (AvgIpc) is 2.85. The predicted octanol–water partition coefficient (Wildman–Crippen LogP) is 1.19. The van der Waals surface area contributed by atoms with E-state index in [0.717, 1.165) is 30.2 Å². The third-order valence-corrected chi connectivity index (χ3v) is 2.94. The Kier molecular flexibility index (Phi) is 3.28. The van der Waals surface area contributed by atoms with Gasteiger partial charge in [0.2, 0.25) is 0 Å². The molecule has 1 unspecified atom stereocenters. The maximum atomic E-state index is 6.23. The van der Waals surface area contributed by atoms with Crippen LogP contribution in [0.5, 0.6) is 0 Å². The lowest BCUT2D eigenvalue weighted by Crippen LogP contribution is -2.19. The van der Waals surface area contributed by atoms with Crippen molar-refractivity contribution in [3.8, 4) is 0 Å². The lowest BCUT2D eigenvalue weighted by molar-refractivity contribution is 0.554. The van der Waals surface area contributed by atoms with Crippen LogP contribution in [0, 0.1) is 6.92 Å². The van der Waals surface area contributed by atoms with Gasteiger partial charge in [0.1, 0.15) is 5.82 Å². The molecule has 92 valence electrons. The highest BCUT2D eigenvalue weighted by molar-refractivity contribution is 5.14. The topological polar surface area (TPSA) is 61.7 Å². The Morgan fingerprint density at radius 3 is 2.82 bits per heavy atom. The lowest BCUT2D eigenvalue weighted by Gasteiger charge is -2.13. The van der Waals surface area contributed by atoms with Crippen LogP contribution in [0.15, 0.2) is 18.5 Å². The van der Waals surface area contributed by atoms with Gasteiger partial charge in [0.25, 0.3) is 0 Å². The van der Waals surface area contributed by atoms with Gasteiger partial charge < -0.3 is 10.3 Å². The van der Waals surface area contributed by atoms with Crippen LogP contribution in [0.4, 0.5) is 0 Å². The summed E-state index contributed by atoms with van der Waals surface area (Å²) < 4.78 is 3.96. The molecule has 0 radical (unpaired) electrons. The average molecular weight is 233 g/mol. The summed E-state index contributed by atoms with van der Waals surface area (Å²) in [5.74, 6) is 0.999. The number of hydrogen-bond donors (Lipinski definition) is 1. The summed E-state index contributed by atoms with van der Waals surface area (Å²) in [4.78, 5) is 4.30. The molecule has 1 atom stereocenters. The van der Waals surface area contributed by atoms with E-state index in [2.05, 4.69) is 23.1 Å². The van der Waals surface area contributed by atoms with Gasteiger partial charge in [-0.3, -0.25) is 4.68 Å². The third kappa shape index (κ3) is 2.39. The zero-order chi connectivity index (χ0) is 12.4. The van der Waals surface area contributed by atoms with Crippen molar-refractivity contribution in [1.82, 2.24) is 19.3 Å². The molecule has 2 heterocycles. The largest absolute Gasteiger partial charge is 0.338 e. The Hall–Kier alpha value is -1.62. The Morgan fingerprint density at radius 1 is 1.47 bits per heavy atom. The molecule has 0 spiro atoms. The maximum absolute atomic E-state index is 6.23. The van der Waals surface area contributed by atoms with Crippen molar-refractivity contribution in [2.75, 3.05) is 0 Å². The van der Waals surface area contributed by atoms with Crippen molar-refractivity contribution >= 4 is 0 Å². The van der Waals surface area contributed by atoms with E-state index in [-0.39, 0.29) is 6.04 Å². The maximum Gasteiger partial charge on any atom is 0.110 e. The van der Waals surface area contributed by atoms with Crippen LogP contribution >= 0.6 is 0 Å². The van der Waals surface area contributed by atoms with Gasteiger partial charge in [0.15, 0.2) is 0 Å². The van der Waals surface area contributed by atoms with E-state index in [4.69, 9.17) is 5.73 Å². The van der Waals surface area contributed by atoms with E-state index in [1.54, 1.807) is 6.20 Å².